The average Bonchev–Trinajstić information content (AvgIpc) is 2.45. The first-order valence-corrected chi connectivity index (χ1v) is 5.46. The first kappa shape index (κ1) is 11.3. The summed E-state index contributed by atoms with van der Waals surface area (Å²) in [6.07, 6.45) is 0.559. The highest BCUT2D eigenvalue weighted by atomic mass is 16.3. The zero-order chi connectivity index (χ0) is 11.9. The fourth-order valence-electron chi connectivity index (χ4n) is 2.66. The van der Waals surface area contributed by atoms with E-state index >= 15 is 0 Å². The molecular formula is C10H17N3O3. The van der Waals surface area contributed by atoms with Crippen LogP contribution >= 0.6 is 0 Å². The minimum atomic E-state index is -0.785. The van der Waals surface area contributed by atoms with Crippen molar-refractivity contribution in [3.8, 4) is 0 Å². The largest absolute Gasteiger partial charge is 0.391 e. The second-order valence-electron chi connectivity index (χ2n) is 4.82. The van der Waals surface area contributed by atoms with Crippen molar-refractivity contribution in [3.63, 3.8) is 0 Å². The van der Waals surface area contributed by atoms with E-state index in [2.05, 4.69) is 5.32 Å². The lowest BCUT2D eigenvalue weighted by atomic mass is 9.86. The molecule has 2 atom stereocenters. The molecule has 2 aliphatic rings. The molecule has 6 nitrogen and oxygen atoms in total. The quantitative estimate of drug-likeness (QED) is 0.529. The second-order valence-corrected chi connectivity index (χ2v) is 4.82. The molecule has 0 aromatic carbocycles. The number of likely N-dealkylation sites (tertiary alicyclic amines) is 1. The number of nitrogens with one attached hydrogen (secondary N) is 1. The summed E-state index contributed by atoms with van der Waals surface area (Å²) in [5, 5.41) is 12.4. The highest BCUT2D eigenvalue weighted by Gasteiger charge is 2.51. The fourth-order valence-corrected chi connectivity index (χ4v) is 2.66. The van der Waals surface area contributed by atoms with Crippen molar-refractivity contribution in [2.24, 2.45) is 5.73 Å². The van der Waals surface area contributed by atoms with Crippen LogP contribution in [0, 0.1) is 0 Å². The Balaban J connectivity index is 1.96. The summed E-state index contributed by atoms with van der Waals surface area (Å²) in [6.45, 7) is 2.74. The van der Waals surface area contributed by atoms with Crippen molar-refractivity contribution in [3.05, 3.63) is 0 Å². The maximum Gasteiger partial charge on any atom is 0.237 e. The maximum atomic E-state index is 11.2. The molecule has 0 aromatic heterocycles. The molecule has 2 fully saturated rings. The highest BCUT2D eigenvalue weighted by Crippen LogP contribution is 2.32. The molecule has 16 heavy (non-hydrogen) atoms. The summed E-state index contributed by atoms with van der Waals surface area (Å²) < 4.78 is 0. The number of rotatable bonds is 3. The van der Waals surface area contributed by atoms with Gasteiger partial charge in [0.25, 0.3) is 0 Å². The molecule has 2 amide bonds. The molecule has 2 rings (SSSR count). The topological polar surface area (TPSA) is 95.7 Å². The van der Waals surface area contributed by atoms with Crippen LogP contribution in [-0.4, -0.2) is 52.6 Å². The number of hydrogen-bond donors (Lipinski definition) is 3. The van der Waals surface area contributed by atoms with E-state index in [0.29, 0.717) is 19.5 Å². The van der Waals surface area contributed by atoms with Gasteiger partial charge in [-0.05, 0) is 13.3 Å². The van der Waals surface area contributed by atoms with Crippen LogP contribution in [0.4, 0.5) is 0 Å². The number of nitrogens with zero attached hydrogens (tertiary/aromatic N) is 1. The van der Waals surface area contributed by atoms with E-state index < -0.39 is 18.1 Å². The summed E-state index contributed by atoms with van der Waals surface area (Å²) in [6, 6.07) is -0.650. The number of amides is 2. The van der Waals surface area contributed by atoms with Gasteiger partial charge in [-0.15, -0.1) is 0 Å². The summed E-state index contributed by atoms with van der Waals surface area (Å²) >= 11 is 0. The zero-order valence-electron chi connectivity index (χ0n) is 9.27. The van der Waals surface area contributed by atoms with Crippen molar-refractivity contribution in [1.82, 2.24) is 10.2 Å². The third-order valence-electron chi connectivity index (χ3n) is 3.39. The van der Waals surface area contributed by atoms with Crippen LogP contribution < -0.4 is 11.1 Å². The number of aliphatic hydroxyl groups is 1. The van der Waals surface area contributed by atoms with Crippen LogP contribution in [0.1, 0.15) is 19.8 Å². The first-order chi connectivity index (χ1) is 7.43. The van der Waals surface area contributed by atoms with Crippen LogP contribution in [0.3, 0.4) is 0 Å². The molecule has 0 unspecified atom stereocenters. The number of hydrogen-bond acceptors (Lipinski definition) is 4. The molecule has 6 heteroatoms. The van der Waals surface area contributed by atoms with Gasteiger partial charge in [-0.2, -0.15) is 0 Å². The molecule has 0 bridgehead atoms. The molecule has 4 N–H and O–H groups in total. The molecular weight excluding hydrogens is 210 g/mol. The summed E-state index contributed by atoms with van der Waals surface area (Å²) in [7, 11) is 0. The van der Waals surface area contributed by atoms with Gasteiger partial charge in [0, 0.05) is 19.5 Å². The molecule has 1 spiro atoms. The number of carbonyl (C=O) groups is 2. The van der Waals surface area contributed by atoms with E-state index in [9.17, 15) is 14.7 Å². The third-order valence-corrected chi connectivity index (χ3v) is 3.39. The van der Waals surface area contributed by atoms with Gasteiger partial charge in [0.2, 0.25) is 11.8 Å². The van der Waals surface area contributed by atoms with Gasteiger partial charge in [-0.25, -0.2) is 0 Å². The first-order valence-electron chi connectivity index (χ1n) is 5.46. The lowest BCUT2D eigenvalue weighted by molar-refractivity contribution is -0.133. The van der Waals surface area contributed by atoms with Gasteiger partial charge in [-0.1, -0.05) is 0 Å². The van der Waals surface area contributed by atoms with Crippen molar-refractivity contribution >= 4 is 11.8 Å². The van der Waals surface area contributed by atoms with E-state index in [1.165, 1.54) is 0 Å². The average molecular weight is 227 g/mol. The Morgan fingerprint density at radius 2 is 2.25 bits per heavy atom. The SMILES string of the molecule is C[C@@H](O)[C@@H](C(N)=O)N1CC2(CCC(=O)N2)C1. The Morgan fingerprint density at radius 1 is 1.62 bits per heavy atom. The Bertz CT molecular complexity index is 323. The molecule has 2 aliphatic heterocycles. The summed E-state index contributed by atoms with van der Waals surface area (Å²) in [5.41, 5.74) is 5.05. The van der Waals surface area contributed by atoms with Crippen LogP contribution in [-0.2, 0) is 9.59 Å². The molecule has 0 radical (unpaired) electrons. The van der Waals surface area contributed by atoms with Gasteiger partial charge < -0.3 is 16.2 Å². The summed E-state index contributed by atoms with van der Waals surface area (Å²) in [5.74, 6) is -0.457. The Labute approximate surface area is 93.8 Å². The van der Waals surface area contributed by atoms with Crippen molar-refractivity contribution in [2.45, 2.75) is 37.5 Å². The van der Waals surface area contributed by atoms with Crippen LogP contribution in [0.5, 0.6) is 0 Å². The van der Waals surface area contributed by atoms with Gasteiger partial charge in [0.05, 0.1) is 11.6 Å². The Kier molecular flexibility index (Phi) is 2.63. The standard InChI is InChI=1S/C10H17N3O3/c1-6(14)8(9(11)16)13-4-10(5-13)3-2-7(15)12-10/h6,8,14H,2-5H2,1H3,(H2,11,16)(H,12,15)/t6-,8+/m1/s1. The Morgan fingerprint density at radius 3 is 2.62 bits per heavy atom. The van der Waals surface area contributed by atoms with Crippen molar-refractivity contribution in [1.29, 1.82) is 0 Å². The smallest absolute Gasteiger partial charge is 0.237 e. The van der Waals surface area contributed by atoms with E-state index in [-0.39, 0.29) is 11.4 Å². The number of nitrogens with two attached hydrogens (primary N) is 1. The van der Waals surface area contributed by atoms with Crippen molar-refractivity contribution < 1.29 is 14.7 Å². The number of aliphatic hydroxyl groups excluding tert-OH is 1. The normalized spacial score (nSPS) is 27.2. The predicted molar refractivity (Wildman–Crippen MR) is 56.3 cm³/mol. The lowest BCUT2D eigenvalue weighted by Crippen LogP contribution is -2.72. The molecule has 2 heterocycles. The minimum Gasteiger partial charge on any atom is -0.391 e. The number of carbonyl (C=O) groups excluding carboxylic acids is 2. The Hall–Kier alpha value is -1.14. The van der Waals surface area contributed by atoms with E-state index in [1.54, 1.807) is 6.92 Å². The van der Waals surface area contributed by atoms with Crippen LogP contribution in [0.15, 0.2) is 0 Å². The minimum absolute atomic E-state index is 0.0623. The van der Waals surface area contributed by atoms with E-state index in [1.807, 2.05) is 4.90 Å². The molecule has 0 saturated carbocycles. The van der Waals surface area contributed by atoms with Gasteiger partial charge in [0.1, 0.15) is 6.04 Å². The molecule has 90 valence electrons. The van der Waals surface area contributed by atoms with E-state index in [4.69, 9.17) is 5.73 Å². The van der Waals surface area contributed by atoms with Gasteiger partial charge in [-0.3, -0.25) is 14.5 Å². The third kappa shape index (κ3) is 1.78. The summed E-state index contributed by atoms with van der Waals surface area (Å²) in [4.78, 5) is 24.1. The molecule has 0 aliphatic carbocycles. The van der Waals surface area contributed by atoms with Crippen molar-refractivity contribution in [2.75, 3.05) is 13.1 Å². The zero-order valence-corrected chi connectivity index (χ0v) is 9.27. The maximum absolute atomic E-state index is 11.2. The lowest BCUT2D eigenvalue weighted by Gasteiger charge is -2.51. The van der Waals surface area contributed by atoms with E-state index in [0.717, 1.165) is 6.42 Å². The van der Waals surface area contributed by atoms with Gasteiger partial charge in [0.15, 0.2) is 0 Å². The van der Waals surface area contributed by atoms with Crippen LogP contribution in [0.2, 0.25) is 0 Å². The fraction of sp³-hybridized carbons (Fsp3) is 0.800. The second kappa shape index (κ2) is 3.71. The number of primary amides is 1. The monoisotopic (exact) mass is 227 g/mol. The molecule has 2 saturated heterocycles. The van der Waals surface area contributed by atoms with Gasteiger partial charge >= 0.3 is 0 Å². The highest BCUT2D eigenvalue weighted by molar-refractivity contribution is 5.82. The predicted octanol–water partition coefficient (Wildman–Crippen LogP) is -1.81. The molecule has 0 aromatic rings. The van der Waals surface area contributed by atoms with Crippen LogP contribution in [0.25, 0.3) is 0 Å².